The smallest absolute Gasteiger partial charge is 0.353 e. The number of carbonyl (C=O) groups is 1. The van der Waals surface area contributed by atoms with Crippen molar-refractivity contribution in [2.45, 2.75) is 18.8 Å². The van der Waals surface area contributed by atoms with Crippen LogP contribution in [0.25, 0.3) is 0 Å². The molecule has 1 saturated carbocycles. The third kappa shape index (κ3) is 1.75. The van der Waals surface area contributed by atoms with Crippen molar-refractivity contribution < 1.29 is 18.3 Å². The molecule has 6 nitrogen and oxygen atoms in total. The Morgan fingerprint density at radius 2 is 2.13 bits per heavy atom. The molecule has 0 radical (unpaired) electrons. The molecule has 15 heavy (non-hydrogen) atoms. The van der Waals surface area contributed by atoms with Gasteiger partial charge in [-0.2, -0.15) is 8.42 Å². The molecule has 0 unspecified atom stereocenters. The van der Waals surface area contributed by atoms with Gasteiger partial charge in [-0.05, 0) is 30.4 Å². The van der Waals surface area contributed by atoms with Crippen LogP contribution in [0.3, 0.4) is 0 Å². The van der Waals surface area contributed by atoms with Crippen LogP contribution in [0, 0.1) is 0 Å². The van der Waals surface area contributed by atoms with E-state index in [1.165, 1.54) is 12.3 Å². The lowest BCUT2D eigenvalue weighted by atomic mass is 10.1. The van der Waals surface area contributed by atoms with Gasteiger partial charge in [0.05, 0.1) is 0 Å². The van der Waals surface area contributed by atoms with E-state index in [1.54, 1.807) is 0 Å². The average molecular weight is 230 g/mol. The molecule has 0 aromatic carbocycles. The summed E-state index contributed by atoms with van der Waals surface area (Å²) in [5, 5.41) is 13.8. The summed E-state index contributed by atoms with van der Waals surface area (Å²) in [6.07, 6.45) is 2.98. The van der Waals surface area contributed by atoms with Crippen molar-refractivity contribution in [3.8, 4) is 0 Å². The number of carboxylic acids is 1. The van der Waals surface area contributed by atoms with Gasteiger partial charge in [0, 0.05) is 6.20 Å². The molecule has 3 N–H and O–H groups in total. The zero-order valence-corrected chi connectivity index (χ0v) is 8.57. The highest BCUT2D eigenvalue weighted by Crippen LogP contribution is 2.42. The van der Waals surface area contributed by atoms with Gasteiger partial charge in [0.2, 0.25) is 0 Å². The largest absolute Gasteiger partial charge is 0.477 e. The summed E-state index contributed by atoms with van der Waals surface area (Å²) in [6, 6.07) is 1.51. The second-order valence-corrected chi connectivity index (χ2v) is 4.96. The van der Waals surface area contributed by atoms with Crippen molar-refractivity contribution >= 4 is 16.2 Å². The molecule has 82 valence electrons. The maximum absolute atomic E-state index is 11.1. The predicted octanol–water partition coefficient (Wildman–Crippen LogP) is 0.115. The highest BCUT2D eigenvalue weighted by Gasteiger charge is 2.32. The lowest BCUT2D eigenvalue weighted by molar-refractivity contribution is 0.0688. The third-order valence-electron chi connectivity index (χ3n) is 2.38. The van der Waals surface area contributed by atoms with E-state index in [0.29, 0.717) is 9.54 Å². The second-order valence-electron chi connectivity index (χ2n) is 3.54. The van der Waals surface area contributed by atoms with Crippen molar-refractivity contribution in [1.29, 1.82) is 0 Å². The number of aromatic nitrogens is 1. The van der Waals surface area contributed by atoms with Gasteiger partial charge >= 0.3 is 16.2 Å². The van der Waals surface area contributed by atoms with Crippen molar-refractivity contribution in [2.75, 3.05) is 0 Å². The maximum Gasteiger partial charge on any atom is 0.353 e. The summed E-state index contributed by atoms with van der Waals surface area (Å²) in [6.45, 7) is 0. The van der Waals surface area contributed by atoms with Crippen LogP contribution in [0.4, 0.5) is 0 Å². The Hall–Kier alpha value is -1.34. The van der Waals surface area contributed by atoms with Crippen molar-refractivity contribution in [3.05, 3.63) is 23.5 Å². The Bertz CT molecular complexity index is 513. The summed E-state index contributed by atoms with van der Waals surface area (Å²) in [5.41, 5.74) is 0.316. The standard InChI is InChI=1S/C8H10N2O4S/c9-15(13,14)10-4-3-6(5-1-2-5)7(10)8(11)12/h3-5H,1-2H2,(H,11,12)(H2,9,13,14). The highest BCUT2D eigenvalue weighted by molar-refractivity contribution is 7.87. The Kier molecular flexibility index (Phi) is 2.09. The topological polar surface area (TPSA) is 102 Å². The first-order valence-electron chi connectivity index (χ1n) is 4.39. The first-order valence-corrected chi connectivity index (χ1v) is 5.89. The summed E-state index contributed by atoms with van der Waals surface area (Å²) < 4.78 is 22.8. The molecule has 0 spiro atoms. The monoisotopic (exact) mass is 230 g/mol. The molecule has 0 amide bonds. The van der Waals surface area contributed by atoms with E-state index in [-0.39, 0.29) is 11.6 Å². The average Bonchev–Trinajstić information content (AvgIpc) is 2.81. The molecule has 1 aromatic heterocycles. The van der Waals surface area contributed by atoms with Crippen LogP contribution >= 0.6 is 0 Å². The number of nitrogens with zero attached hydrogens (tertiary/aromatic N) is 1. The molecule has 1 fully saturated rings. The van der Waals surface area contributed by atoms with Crippen LogP contribution in [-0.4, -0.2) is 23.5 Å². The molecule has 2 rings (SSSR count). The first kappa shape index (κ1) is 10.2. The van der Waals surface area contributed by atoms with Gasteiger partial charge in [0.15, 0.2) is 0 Å². The Balaban J connectivity index is 2.61. The number of hydrogen-bond donors (Lipinski definition) is 2. The SMILES string of the molecule is NS(=O)(=O)n1ccc(C2CC2)c1C(=O)O. The zero-order chi connectivity index (χ0) is 11.2. The van der Waals surface area contributed by atoms with Crippen LogP contribution in [-0.2, 0) is 10.2 Å². The fraction of sp³-hybridized carbons (Fsp3) is 0.375. The molecule has 0 saturated heterocycles. The minimum absolute atomic E-state index is 0.166. The van der Waals surface area contributed by atoms with Gasteiger partial charge in [-0.15, -0.1) is 0 Å². The molecular weight excluding hydrogens is 220 g/mol. The summed E-state index contributed by atoms with van der Waals surface area (Å²) in [4.78, 5) is 10.9. The molecule has 1 aliphatic carbocycles. The van der Waals surface area contributed by atoms with Crippen LogP contribution in [0.5, 0.6) is 0 Å². The van der Waals surface area contributed by atoms with E-state index >= 15 is 0 Å². The molecular formula is C8H10N2O4S. The number of aromatic carboxylic acids is 1. The summed E-state index contributed by atoms with van der Waals surface area (Å²) in [5.74, 6) is -1.10. The van der Waals surface area contributed by atoms with Crippen LogP contribution in [0.1, 0.15) is 34.8 Å². The second kappa shape index (κ2) is 3.07. The molecule has 0 atom stereocenters. The van der Waals surface area contributed by atoms with Crippen molar-refractivity contribution in [2.24, 2.45) is 5.14 Å². The number of nitrogens with two attached hydrogens (primary N) is 1. The molecule has 0 bridgehead atoms. The number of hydrogen-bond acceptors (Lipinski definition) is 3. The van der Waals surface area contributed by atoms with Crippen molar-refractivity contribution in [3.63, 3.8) is 0 Å². The Labute approximate surface area is 86.5 Å². The highest BCUT2D eigenvalue weighted by atomic mass is 32.2. The van der Waals surface area contributed by atoms with Gasteiger partial charge in [-0.25, -0.2) is 13.9 Å². The molecule has 7 heteroatoms. The number of rotatable bonds is 3. The fourth-order valence-corrected chi connectivity index (χ4v) is 2.25. The van der Waals surface area contributed by atoms with E-state index in [0.717, 1.165) is 12.8 Å². The van der Waals surface area contributed by atoms with E-state index in [4.69, 9.17) is 10.2 Å². The molecule has 0 aliphatic heterocycles. The van der Waals surface area contributed by atoms with Crippen LogP contribution < -0.4 is 5.14 Å². The zero-order valence-electron chi connectivity index (χ0n) is 7.75. The third-order valence-corrected chi connectivity index (χ3v) is 3.23. The predicted molar refractivity (Wildman–Crippen MR) is 51.9 cm³/mol. The van der Waals surface area contributed by atoms with E-state index in [1.807, 2.05) is 0 Å². The van der Waals surface area contributed by atoms with E-state index in [9.17, 15) is 13.2 Å². The van der Waals surface area contributed by atoms with Crippen LogP contribution in [0.2, 0.25) is 0 Å². The van der Waals surface area contributed by atoms with Crippen molar-refractivity contribution in [1.82, 2.24) is 3.97 Å². The number of carboxylic acid groups (broad SMARTS) is 1. The summed E-state index contributed by atoms with van der Waals surface area (Å²) in [7, 11) is -4.03. The lowest BCUT2D eigenvalue weighted by Crippen LogP contribution is -2.25. The fourth-order valence-electron chi connectivity index (χ4n) is 1.58. The first-order chi connectivity index (χ1) is 6.91. The quantitative estimate of drug-likeness (QED) is 0.769. The molecule has 1 aliphatic rings. The van der Waals surface area contributed by atoms with E-state index < -0.39 is 16.2 Å². The Morgan fingerprint density at radius 1 is 1.53 bits per heavy atom. The van der Waals surface area contributed by atoms with Gasteiger partial charge < -0.3 is 5.11 Å². The lowest BCUT2D eigenvalue weighted by Gasteiger charge is -2.04. The van der Waals surface area contributed by atoms with Gasteiger partial charge in [0.1, 0.15) is 5.69 Å². The minimum Gasteiger partial charge on any atom is -0.477 e. The van der Waals surface area contributed by atoms with Gasteiger partial charge in [0.25, 0.3) is 0 Å². The van der Waals surface area contributed by atoms with Gasteiger partial charge in [-0.1, -0.05) is 0 Å². The maximum atomic E-state index is 11.1. The van der Waals surface area contributed by atoms with Gasteiger partial charge in [-0.3, -0.25) is 0 Å². The Morgan fingerprint density at radius 3 is 2.53 bits per heavy atom. The summed E-state index contributed by atoms with van der Waals surface area (Å²) >= 11 is 0. The normalized spacial score (nSPS) is 16.6. The molecule has 1 aromatic rings. The molecule has 1 heterocycles. The minimum atomic E-state index is -4.03. The van der Waals surface area contributed by atoms with E-state index in [2.05, 4.69) is 0 Å². The van der Waals surface area contributed by atoms with Crippen LogP contribution in [0.15, 0.2) is 12.3 Å².